The van der Waals surface area contributed by atoms with Crippen LogP contribution in [0, 0.1) is 0 Å². The number of hydrogen-bond acceptors (Lipinski definition) is 4. The number of pyridine rings is 1. The molecular formula is C15H13NO4. The maximum atomic E-state index is 11.2. The Balaban J connectivity index is 2.32. The fourth-order valence-corrected chi connectivity index (χ4v) is 1.73. The van der Waals surface area contributed by atoms with Crippen molar-refractivity contribution in [3.63, 3.8) is 0 Å². The van der Waals surface area contributed by atoms with Gasteiger partial charge in [-0.15, -0.1) is 0 Å². The lowest BCUT2D eigenvalue weighted by Crippen LogP contribution is -1.98. The molecule has 0 saturated carbocycles. The van der Waals surface area contributed by atoms with Crippen LogP contribution in [-0.2, 0) is 9.53 Å². The van der Waals surface area contributed by atoms with Crippen molar-refractivity contribution >= 4 is 28.9 Å². The number of benzene rings is 1. The molecule has 0 atom stereocenters. The molecule has 0 spiro atoms. The van der Waals surface area contributed by atoms with Crippen LogP contribution in [0.1, 0.15) is 22.8 Å². The number of carbonyl (C=O) groups excluding carboxylic acids is 1. The van der Waals surface area contributed by atoms with Crippen molar-refractivity contribution in [1.82, 2.24) is 4.98 Å². The fourth-order valence-electron chi connectivity index (χ4n) is 1.73. The van der Waals surface area contributed by atoms with Crippen molar-refractivity contribution in [2.24, 2.45) is 0 Å². The minimum absolute atomic E-state index is 0.129. The molecule has 0 bridgehead atoms. The van der Waals surface area contributed by atoms with Crippen LogP contribution in [-0.4, -0.2) is 28.6 Å². The quantitative estimate of drug-likeness (QED) is 0.683. The number of carboxylic acid groups (broad SMARTS) is 1. The topological polar surface area (TPSA) is 76.5 Å². The molecule has 102 valence electrons. The van der Waals surface area contributed by atoms with Crippen LogP contribution in [0.3, 0.4) is 0 Å². The Morgan fingerprint density at radius 1 is 1.35 bits per heavy atom. The van der Waals surface area contributed by atoms with Crippen LogP contribution in [0.15, 0.2) is 36.5 Å². The largest absolute Gasteiger partial charge is 0.478 e. The third-order valence-corrected chi connectivity index (χ3v) is 2.65. The summed E-state index contributed by atoms with van der Waals surface area (Å²) in [5.74, 6) is -1.43. The summed E-state index contributed by atoms with van der Waals surface area (Å²) in [5.41, 5.74) is 1.60. The van der Waals surface area contributed by atoms with Crippen LogP contribution < -0.4 is 0 Å². The van der Waals surface area contributed by atoms with Gasteiger partial charge in [0.25, 0.3) is 0 Å². The Morgan fingerprint density at radius 3 is 2.85 bits per heavy atom. The lowest BCUT2D eigenvalue weighted by molar-refractivity contribution is -0.137. The summed E-state index contributed by atoms with van der Waals surface area (Å²) >= 11 is 0. The highest BCUT2D eigenvalue weighted by atomic mass is 16.5. The molecule has 0 radical (unpaired) electrons. The average molecular weight is 271 g/mol. The summed E-state index contributed by atoms with van der Waals surface area (Å²) in [6, 6.07) is 6.88. The molecule has 0 aliphatic rings. The van der Waals surface area contributed by atoms with Gasteiger partial charge in [-0.1, -0.05) is 6.07 Å². The number of aromatic nitrogens is 1. The summed E-state index contributed by atoms with van der Waals surface area (Å²) in [6.07, 6.45) is 4.27. The average Bonchev–Trinajstić information content (AvgIpc) is 2.44. The first-order valence-corrected chi connectivity index (χ1v) is 6.08. The SMILES string of the molecule is CCOC(=O)/C=C/c1ccc2ncc(C(=O)O)cc2c1. The summed E-state index contributed by atoms with van der Waals surface area (Å²) < 4.78 is 4.79. The van der Waals surface area contributed by atoms with E-state index in [9.17, 15) is 9.59 Å². The molecular weight excluding hydrogens is 258 g/mol. The van der Waals surface area contributed by atoms with E-state index >= 15 is 0 Å². The molecule has 0 unspecified atom stereocenters. The molecule has 5 nitrogen and oxygen atoms in total. The van der Waals surface area contributed by atoms with Gasteiger partial charge in [-0.2, -0.15) is 0 Å². The highest BCUT2D eigenvalue weighted by Crippen LogP contribution is 2.16. The van der Waals surface area contributed by atoms with E-state index in [4.69, 9.17) is 9.84 Å². The number of carbonyl (C=O) groups is 2. The van der Waals surface area contributed by atoms with E-state index in [1.165, 1.54) is 12.3 Å². The first-order valence-electron chi connectivity index (χ1n) is 6.08. The van der Waals surface area contributed by atoms with E-state index in [1.54, 1.807) is 37.3 Å². The van der Waals surface area contributed by atoms with E-state index in [2.05, 4.69) is 4.98 Å². The van der Waals surface area contributed by atoms with Crippen molar-refractivity contribution in [3.05, 3.63) is 47.7 Å². The summed E-state index contributed by atoms with van der Waals surface area (Å²) in [5, 5.41) is 9.64. The Labute approximate surface area is 115 Å². The maximum Gasteiger partial charge on any atom is 0.337 e. The second-order valence-electron chi connectivity index (χ2n) is 4.07. The van der Waals surface area contributed by atoms with Gasteiger partial charge in [0.15, 0.2) is 0 Å². The van der Waals surface area contributed by atoms with E-state index in [0.717, 1.165) is 5.56 Å². The highest BCUT2D eigenvalue weighted by molar-refractivity contribution is 5.93. The minimum atomic E-state index is -1.02. The maximum absolute atomic E-state index is 11.2. The van der Waals surface area contributed by atoms with Crippen LogP contribution in [0.2, 0.25) is 0 Å². The van der Waals surface area contributed by atoms with E-state index in [-0.39, 0.29) is 5.56 Å². The predicted octanol–water partition coefficient (Wildman–Crippen LogP) is 2.51. The number of rotatable bonds is 4. The molecule has 2 aromatic rings. The Morgan fingerprint density at radius 2 is 2.15 bits per heavy atom. The van der Waals surface area contributed by atoms with Crippen molar-refractivity contribution < 1.29 is 19.4 Å². The number of esters is 1. The molecule has 0 fully saturated rings. The van der Waals surface area contributed by atoms with Crippen LogP contribution >= 0.6 is 0 Å². The van der Waals surface area contributed by atoms with Crippen LogP contribution in [0.5, 0.6) is 0 Å². The highest BCUT2D eigenvalue weighted by Gasteiger charge is 2.05. The molecule has 1 aromatic carbocycles. The Kier molecular flexibility index (Phi) is 4.10. The third kappa shape index (κ3) is 3.20. The molecule has 5 heteroatoms. The number of ether oxygens (including phenoxy) is 1. The van der Waals surface area contributed by atoms with E-state index in [0.29, 0.717) is 17.5 Å². The predicted molar refractivity (Wildman–Crippen MR) is 74.4 cm³/mol. The van der Waals surface area contributed by atoms with Gasteiger partial charge in [0.05, 0.1) is 17.7 Å². The first kappa shape index (κ1) is 13.7. The molecule has 1 N–H and O–H groups in total. The smallest absolute Gasteiger partial charge is 0.337 e. The summed E-state index contributed by atoms with van der Waals surface area (Å²) in [6.45, 7) is 2.06. The van der Waals surface area contributed by atoms with Crippen molar-refractivity contribution in [1.29, 1.82) is 0 Å². The lowest BCUT2D eigenvalue weighted by Gasteiger charge is -2.01. The Bertz CT molecular complexity index is 691. The van der Waals surface area contributed by atoms with Gasteiger partial charge in [0, 0.05) is 17.7 Å². The number of carboxylic acids is 1. The van der Waals surface area contributed by atoms with Crippen LogP contribution in [0.25, 0.3) is 17.0 Å². The number of nitrogens with zero attached hydrogens (tertiary/aromatic N) is 1. The Hall–Kier alpha value is -2.69. The molecule has 1 aromatic heterocycles. The first-order chi connectivity index (χ1) is 9.60. The van der Waals surface area contributed by atoms with Gasteiger partial charge in [0.2, 0.25) is 0 Å². The number of hydrogen-bond donors (Lipinski definition) is 1. The number of aromatic carboxylic acids is 1. The second kappa shape index (κ2) is 5.97. The summed E-state index contributed by atoms with van der Waals surface area (Å²) in [7, 11) is 0. The molecule has 0 saturated heterocycles. The zero-order chi connectivity index (χ0) is 14.5. The normalized spacial score (nSPS) is 10.8. The van der Waals surface area contributed by atoms with Gasteiger partial charge in [0.1, 0.15) is 0 Å². The van der Waals surface area contributed by atoms with Crippen molar-refractivity contribution in [2.45, 2.75) is 6.92 Å². The molecule has 20 heavy (non-hydrogen) atoms. The lowest BCUT2D eigenvalue weighted by atomic mass is 10.1. The molecule has 0 amide bonds. The minimum Gasteiger partial charge on any atom is -0.478 e. The van der Waals surface area contributed by atoms with Gasteiger partial charge in [-0.05, 0) is 36.8 Å². The second-order valence-corrected chi connectivity index (χ2v) is 4.07. The fraction of sp³-hybridized carbons (Fsp3) is 0.133. The van der Waals surface area contributed by atoms with Crippen molar-refractivity contribution in [3.8, 4) is 0 Å². The zero-order valence-electron chi connectivity index (χ0n) is 10.9. The molecule has 2 rings (SSSR count). The summed E-state index contributed by atoms with van der Waals surface area (Å²) in [4.78, 5) is 26.2. The molecule has 0 aliphatic heterocycles. The monoisotopic (exact) mass is 271 g/mol. The van der Waals surface area contributed by atoms with Gasteiger partial charge in [-0.3, -0.25) is 4.98 Å². The third-order valence-electron chi connectivity index (χ3n) is 2.65. The zero-order valence-corrected chi connectivity index (χ0v) is 10.9. The van der Waals surface area contributed by atoms with Gasteiger partial charge in [-0.25, -0.2) is 9.59 Å². The number of fused-ring (bicyclic) bond motifs is 1. The van der Waals surface area contributed by atoms with Gasteiger partial charge < -0.3 is 9.84 Å². The van der Waals surface area contributed by atoms with E-state index in [1.807, 2.05) is 0 Å². The standard InChI is InChI=1S/C15H13NO4/c1-2-20-14(17)6-4-10-3-5-13-11(7-10)8-12(9-16-13)15(18)19/h3-9H,2H2,1H3,(H,18,19)/b6-4+. The van der Waals surface area contributed by atoms with E-state index < -0.39 is 11.9 Å². The van der Waals surface area contributed by atoms with Crippen molar-refractivity contribution in [2.75, 3.05) is 6.61 Å². The molecule has 0 aliphatic carbocycles. The van der Waals surface area contributed by atoms with Gasteiger partial charge >= 0.3 is 11.9 Å². The van der Waals surface area contributed by atoms with Crippen LogP contribution in [0.4, 0.5) is 0 Å². The molecule has 1 heterocycles.